The maximum atomic E-state index is 12.9. The first-order valence-corrected chi connectivity index (χ1v) is 8.18. The first kappa shape index (κ1) is 17.5. The minimum absolute atomic E-state index is 0.274. The molecule has 0 unspecified atom stereocenters. The van der Waals surface area contributed by atoms with Crippen molar-refractivity contribution in [2.45, 2.75) is 0 Å². The Labute approximate surface area is 155 Å². The summed E-state index contributed by atoms with van der Waals surface area (Å²) in [4.78, 5) is 17.4. The van der Waals surface area contributed by atoms with Crippen LogP contribution in [0.1, 0.15) is 10.5 Å². The average molecular weight is 379 g/mol. The Kier molecular flexibility index (Phi) is 4.79. The molecule has 1 heterocycles. The Balaban J connectivity index is 1.99. The summed E-state index contributed by atoms with van der Waals surface area (Å²) in [6.45, 7) is 0. The third kappa shape index (κ3) is 3.13. The normalized spacial score (nSPS) is 10.8. The summed E-state index contributed by atoms with van der Waals surface area (Å²) in [6.07, 6.45) is 0. The van der Waals surface area contributed by atoms with Crippen LogP contribution in [0.25, 0.3) is 10.9 Å². The number of hydrogen-bond donors (Lipinski definition) is 1. The van der Waals surface area contributed by atoms with E-state index < -0.39 is 0 Å². The molecule has 1 N–H and O–H groups in total. The second-order valence-electron chi connectivity index (χ2n) is 5.41. The summed E-state index contributed by atoms with van der Waals surface area (Å²) in [7, 11) is 4.77. The first-order valence-electron chi connectivity index (χ1n) is 7.43. The Morgan fingerprint density at radius 1 is 1.04 bits per heavy atom. The van der Waals surface area contributed by atoms with Gasteiger partial charge in [-0.15, -0.1) is 0 Å². The Hall–Kier alpha value is -2.37. The molecule has 5 nitrogen and oxygen atoms in total. The number of methoxy groups -OCH3 is 2. The monoisotopic (exact) mass is 378 g/mol. The van der Waals surface area contributed by atoms with Gasteiger partial charge in [-0.3, -0.25) is 4.79 Å². The van der Waals surface area contributed by atoms with Crippen molar-refractivity contribution < 1.29 is 14.3 Å². The van der Waals surface area contributed by atoms with Crippen LogP contribution in [-0.4, -0.2) is 32.2 Å². The van der Waals surface area contributed by atoms with E-state index in [1.165, 1.54) is 4.90 Å². The van der Waals surface area contributed by atoms with Crippen LogP contribution in [0.15, 0.2) is 36.4 Å². The number of benzene rings is 2. The number of nitrogens with zero attached hydrogens (tertiary/aromatic N) is 1. The van der Waals surface area contributed by atoms with Gasteiger partial charge in [0.2, 0.25) is 0 Å². The van der Waals surface area contributed by atoms with E-state index >= 15 is 0 Å². The predicted octanol–water partition coefficient (Wildman–Crippen LogP) is 4.77. The number of rotatable bonds is 4. The van der Waals surface area contributed by atoms with Gasteiger partial charge in [0, 0.05) is 34.7 Å². The predicted molar refractivity (Wildman–Crippen MR) is 101 cm³/mol. The highest BCUT2D eigenvalue weighted by atomic mass is 35.5. The molecule has 0 aliphatic heterocycles. The van der Waals surface area contributed by atoms with Gasteiger partial charge in [0.05, 0.1) is 19.2 Å². The number of fused-ring (bicyclic) bond motifs is 1. The lowest BCUT2D eigenvalue weighted by Gasteiger charge is -2.18. The molecule has 7 heteroatoms. The fourth-order valence-electron chi connectivity index (χ4n) is 2.60. The second kappa shape index (κ2) is 6.86. The van der Waals surface area contributed by atoms with Crippen LogP contribution >= 0.6 is 23.2 Å². The van der Waals surface area contributed by atoms with Gasteiger partial charge in [0.15, 0.2) is 11.5 Å². The third-order valence-electron chi connectivity index (χ3n) is 3.97. The summed E-state index contributed by atoms with van der Waals surface area (Å²) in [5, 5.41) is 1.61. The minimum Gasteiger partial charge on any atom is -0.493 e. The van der Waals surface area contributed by atoms with Crippen molar-refractivity contribution in [2.75, 3.05) is 26.2 Å². The van der Waals surface area contributed by atoms with Crippen LogP contribution in [0.4, 0.5) is 5.69 Å². The lowest BCUT2D eigenvalue weighted by molar-refractivity contribution is 0.0989. The largest absolute Gasteiger partial charge is 0.493 e. The number of carbonyl (C=O) groups is 1. The molecule has 0 saturated carbocycles. The Bertz CT molecular complexity index is 953. The molecular weight excluding hydrogens is 363 g/mol. The van der Waals surface area contributed by atoms with Gasteiger partial charge in [-0.1, -0.05) is 23.2 Å². The van der Waals surface area contributed by atoms with Crippen molar-refractivity contribution in [3.8, 4) is 11.5 Å². The number of carbonyl (C=O) groups excluding carboxylic acids is 1. The fourth-order valence-corrected chi connectivity index (χ4v) is 3.05. The van der Waals surface area contributed by atoms with Gasteiger partial charge in [0.1, 0.15) is 5.69 Å². The number of hydrogen-bond acceptors (Lipinski definition) is 3. The lowest BCUT2D eigenvalue weighted by atomic mass is 10.2. The van der Waals surface area contributed by atoms with E-state index in [-0.39, 0.29) is 5.91 Å². The smallest absolute Gasteiger partial charge is 0.276 e. The van der Waals surface area contributed by atoms with Crippen LogP contribution < -0.4 is 14.4 Å². The van der Waals surface area contributed by atoms with Gasteiger partial charge < -0.3 is 19.4 Å². The van der Waals surface area contributed by atoms with E-state index in [4.69, 9.17) is 32.7 Å². The first-order chi connectivity index (χ1) is 12.0. The molecule has 0 fully saturated rings. The van der Waals surface area contributed by atoms with Gasteiger partial charge in [-0.25, -0.2) is 0 Å². The molecule has 0 aliphatic rings. The van der Waals surface area contributed by atoms with Crippen molar-refractivity contribution in [1.29, 1.82) is 0 Å². The highest BCUT2D eigenvalue weighted by Crippen LogP contribution is 2.34. The van der Waals surface area contributed by atoms with Gasteiger partial charge >= 0.3 is 0 Å². The zero-order valence-electron chi connectivity index (χ0n) is 13.9. The molecule has 0 radical (unpaired) electrons. The molecule has 0 spiro atoms. The standard InChI is InChI=1S/C18H16Cl2N2O3/c1-22(11-5-7-14(24-2)15(9-11)25-3)18(23)17-16(20)12-8-10(19)4-6-13(12)21-17/h4-9,21H,1-3H3. The highest BCUT2D eigenvalue weighted by Gasteiger charge is 2.22. The molecule has 1 aromatic heterocycles. The van der Waals surface area contributed by atoms with Crippen LogP contribution in [-0.2, 0) is 0 Å². The maximum Gasteiger partial charge on any atom is 0.276 e. The van der Waals surface area contributed by atoms with Crippen molar-refractivity contribution in [3.05, 3.63) is 52.1 Å². The van der Waals surface area contributed by atoms with E-state index in [1.54, 1.807) is 57.7 Å². The van der Waals surface area contributed by atoms with Crippen molar-refractivity contribution in [2.24, 2.45) is 0 Å². The highest BCUT2D eigenvalue weighted by molar-refractivity contribution is 6.40. The van der Waals surface area contributed by atoms with E-state index in [2.05, 4.69) is 4.98 Å². The molecule has 3 aromatic rings. The maximum absolute atomic E-state index is 12.9. The van der Waals surface area contributed by atoms with Gasteiger partial charge in [-0.05, 0) is 30.3 Å². The number of aromatic amines is 1. The van der Waals surface area contributed by atoms with Crippen LogP contribution in [0.3, 0.4) is 0 Å². The third-order valence-corrected chi connectivity index (χ3v) is 4.60. The molecule has 0 bridgehead atoms. The molecule has 1 amide bonds. The van der Waals surface area contributed by atoms with Gasteiger partial charge in [0.25, 0.3) is 5.91 Å². The molecule has 0 saturated heterocycles. The Morgan fingerprint density at radius 3 is 2.44 bits per heavy atom. The molecule has 2 aromatic carbocycles. The molecule has 0 aliphatic carbocycles. The van der Waals surface area contributed by atoms with Crippen LogP contribution in [0.2, 0.25) is 10.0 Å². The number of ether oxygens (including phenoxy) is 2. The van der Waals surface area contributed by atoms with Gasteiger partial charge in [-0.2, -0.15) is 0 Å². The lowest BCUT2D eigenvalue weighted by Crippen LogP contribution is -2.26. The minimum atomic E-state index is -0.274. The molecule has 0 atom stereocenters. The zero-order chi connectivity index (χ0) is 18.1. The van der Waals surface area contributed by atoms with E-state index in [0.717, 1.165) is 5.52 Å². The van der Waals surface area contributed by atoms with E-state index in [1.807, 2.05) is 0 Å². The SMILES string of the molecule is COc1ccc(N(C)C(=O)c2[nH]c3ccc(Cl)cc3c2Cl)cc1OC. The van der Waals surface area contributed by atoms with Crippen molar-refractivity contribution in [1.82, 2.24) is 4.98 Å². The zero-order valence-corrected chi connectivity index (χ0v) is 15.4. The number of aromatic nitrogens is 1. The van der Waals surface area contributed by atoms with Crippen LogP contribution in [0, 0.1) is 0 Å². The summed E-state index contributed by atoms with van der Waals surface area (Å²) in [5.74, 6) is 0.851. The topological polar surface area (TPSA) is 54.6 Å². The fraction of sp³-hybridized carbons (Fsp3) is 0.167. The van der Waals surface area contributed by atoms with E-state index in [0.29, 0.717) is 38.3 Å². The van der Waals surface area contributed by atoms with E-state index in [9.17, 15) is 4.79 Å². The van der Waals surface area contributed by atoms with Crippen molar-refractivity contribution >= 4 is 45.7 Å². The molecule has 25 heavy (non-hydrogen) atoms. The molecule has 3 rings (SSSR count). The summed E-state index contributed by atoms with van der Waals surface area (Å²) in [5.41, 5.74) is 1.70. The summed E-state index contributed by atoms with van der Waals surface area (Å²) in [6, 6.07) is 10.5. The molecular formula is C18H16Cl2N2O3. The quantitative estimate of drug-likeness (QED) is 0.711. The average Bonchev–Trinajstić information content (AvgIpc) is 2.96. The Morgan fingerprint density at radius 2 is 1.76 bits per heavy atom. The molecule has 130 valence electrons. The number of anilines is 1. The summed E-state index contributed by atoms with van der Waals surface area (Å²) < 4.78 is 10.5. The number of nitrogens with one attached hydrogen (secondary N) is 1. The van der Waals surface area contributed by atoms with Crippen molar-refractivity contribution in [3.63, 3.8) is 0 Å². The number of halogens is 2. The van der Waals surface area contributed by atoms with Crippen LogP contribution in [0.5, 0.6) is 11.5 Å². The summed E-state index contributed by atoms with van der Waals surface area (Å²) >= 11 is 12.4. The number of H-pyrrole nitrogens is 1. The second-order valence-corrected chi connectivity index (χ2v) is 6.22. The number of amides is 1.